The number of aromatic nitrogens is 3. The number of methoxy groups -OCH3 is 1. The summed E-state index contributed by atoms with van der Waals surface area (Å²) < 4.78 is 28.8. The van der Waals surface area contributed by atoms with Gasteiger partial charge in [0.05, 0.1) is 50.0 Å². The number of rotatable bonds is 9. The van der Waals surface area contributed by atoms with Crippen LogP contribution in [0.1, 0.15) is 92.4 Å². The van der Waals surface area contributed by atoms with Gasteiger partial charge in [-0.1, -0.05) is 56.3 Å². The molecular formula is C48H69N3O16. The van der Waals surface area contributed by atoms with Crippen LogP contribution in [0, 0.1) is 50.2 Å². The van der Waals surface area contributed by atoms with E-state index in [1.165, 1.54) is 12.0 Å². The fourth-order valence-electron chi connectivity index (χ4n) is 14.8. The Morgan fingerprint density at radius 1 is 0.821 bits per heavy atom. The first-order valence-corrected chi connectivity index (χ1v) is 23.9. The van der Waals surface area contributed by atoms with Crippen LogP contribution in [0.5, 0.6) is 0 Å². The molecule has 7 aliphatic rings. The number of aliphatic hydroxyl groups excluding tert-OH is 8. The molecule has 4 saturated carbocycles. The van der Waals surface area contributed by atoms with Crippen molar-refractivity contribution < 1.29 is 79.0 Å². The van der Waals surface area contributed by atoms with Crippen LogP contribution in [-0.4, -0.2) is 162 Å². The van der Waals surface area contributed by atoms with Gasteiger partial charge in [-0.15, -0.1) is 5.10 Å². The number of aliphatic hydroxyl groups is 8. The summed E-state index contributed by atoms with van der Waals surface area (Å²) in [6.07, 6.45) is -9.02. The van der Waals surface area contributed by atoms with E-state index in [1.807, 2.05) is 26.0 Å². The van der Waals surface area contributed by atoms with E-state index in [0.717, 1.165) is 12.0 Å². The van der Waals surface area contributed by atoms with E-state index in [-0.39, 0.29) is 42.4 Å². The zero-order chi connectivity index (χ0) is 48.2. The Morgan fingerprint density at radius 2 is 1.54 bits per heavy atom. The number of carbonyl (C=O) groups excluding carboxylic acids is 2. The summed E-state index contributed by atoms with van der Waals surface area (Å²) >= 11 is 0. The molecule has 67 heavy (non-hydrogen) atoms. The Labute approximate surface area is 389 Å². The van der Waals surface area contributed by atoms with E-state index in [1.54, 1.807) is 12.1 Å². The minimum Gasteiger partial charge on any atom is -0.469 e. The van der Waals surface area contributed by atoms with Crippen molar-refractivity contribution >= 4 is 23.0 Å². The van der Waals surface area contributed by atoms with Crippen LogP contribution in [-0.2, 0) is 33.3 Å². The minimum absolute atomic E-state index is 0.0178. The lowest BCUT2D eigenvalue weighted by molar-refractivity contribution is -0.357. The standard InChI is InChI=1S/C48H69N3O16/c1-43(41(60)62-6)15-17-48(42(61)67-51-27-10-8-7-9-26(27)49-50-51)18-16-46(4)24(25(48)19-43)11-12-32-44(2)20-28(54)38(45(3,23-53)31(44)13-14-47(32,46)5)66-39-36(58)34(56)30(22-63-39)65-40-37(59)35(57)33(55)29(21-52)64-40/h7-11,25,28-40,52-59H,12-23H2,1-6H3/t25-,28-,29+,30+,31+,32+,33+,34-,35-,36+,37+,38-,39-,40-,43-,44-,45-,46+,47+,48-/m0/s1. The van der Waals surface area contributed by atoms with Gasteiger partial charge in [0.15, 0.2) is 12.6 Å². The molecule has 2 saturated heterocycles. The maximum Gasteiger partial charge on any atom is 0.341 e. The van der Waals surface area contributed by atoms with Crippen LogP contribution < -0.4 is 4.84 Å². The molecule has 0 amide bonds. The first kappa shape index (κ1) is 48.8. The topological polar surface area (TPSA) is 282 Å². The Bertz CT molecular complexity index is 2230. The van der Waals surface area contributed by atoms with Gasteiger partial charge in [0, 0.05) is 5.41 Å². The summed E-state index contributed by atoms with van der Waals surface area (Å²) in [5.74, 6) is -1.20. The molecule has 1 aromatic heterocycles. The molecule has 20 atom stereocenters. The molecule has 3 heterocycles. The second-order valence-corrected chi connectivity index (χ2v) is 22.1. The van der Waals surface area contributed by atoms with Gasteiger partial charge in [0.2, 0.25) is 0 Å². The predicted octanol–water partition coefficient (Wildman–Crippen LogP) is 0.933. The number of hydrogen-bond donors (Lipinski definition) is 8. The van der Waals surface area contributed by atoms with Gasteiger partial charge >= 0.3 is 11.9 Å². The SMILES string of the molecule is COC(=O)[C@@]1(C)CC[C@]2(C(=O)On3nnc4ccccc43)CC[C@]3(C)C(=CC[C@@H]4[C@@]5(C)C[C@H](O)[C@H](O[C@@H]6OC[C@@H](O[C@@H]7O[C@H](CO)[C@@H](O)[C@H](O)[C@H]7O)[C@H](O)[C@H]6O)[C@@](C)(CO)[C@@H]5CC[C@]43C)[C@@H]2C1. The largest absolute Gasteiger partial charge is 0.469 e. The molecule has 8 N–H and O–H groups in total. The van der Waals surface area contributed by atoms with Gasteiger partial charge in [0.1, 0.15) is 53.8 Å². The Kier molecular flexibility index (Phi) is 12.6. The third-order valence-electron chi connectivity index (χ3n) is 18.9. The Balaban J connectivity index is 0.967. The van der Waals surface area contributed by atoms with Crippen molar-refractivity contribution in [3.05, 3.63) is 35.9 Å². The van der Waals surface area contributed by atoms with Crippen LogP contribution in [0.4, 0.5) is 0 Å². The van der Waals surface area contributed by atoms with Gasteiger partial charge in [-0.25, -0.2) is 4.79 Å². The van der Waals surface area contributed by atoms with Gasteiger partial charge in [-0.05, 0) is 116 Å². The summed E-state index contributed by atoms with van der Waals surface area (Å²) in [7, 11) is 1.40. The van der Waals surface area contributed by atoms with Crippen molar-refractivity contribution in [3.63, 3.8) is 0 Å². The zero-order valence-electron chi connectivity index (χ0n) is 39.1. The molecule has 0 bridgehead atoms. The second kappa shape index (κ2) is 17.3. The number of hydrogen-bond acceptors (Lipinski definition) is 18. The monoisotopic (exact) mass is 943 g/mol. The lowest BCUT2D eigenvalue weighted by Gasteiger charge is -2.71. The van der Waals surface area contributed by atoms with Gasteiger partial charge in [-0.2, -0.15) is 0 Å². The molecule has 9 rings (SSSR count). The second-order valence-electron chi connectivity index (χ2n) is 22.1. The third-order valence-corrected chi connectivity index (χ3v) is 18.9. The number of ether oxygens (including phenoxy) is 5. The molecule has 2 aliphatic heterocycles. The molecule has 372 valence electrons. The molecule has 0 unspecified atom stereocenters. The molecule has 1 aromatic carbocycles. The quantitative estimate of drug-likeness (QED) is 0.0751. The van der Waals surface area contributed by atoms with E-state index in [0.29, 0.717) is 62.4 Å². The molecule has 0 spiro atoms. The molecule has 19 nitrogen and oxygen atoms in total. The van der Waals surface area contributed by atoms with E-state index in [2.05, 4.69) is 37.2 Å². The number of esters is 1. The van der Waals surface area contributed by atoms with Crippen molar-refractivity contribution in [3.8, 4) is 0 Å². The average molecular weight is 944 g/mol. The molecular weight excluding hydrogens is 875 g/mol. The minimum atomic E-state index is -1.74. The first-order valence-electron chi connectivity index (χ1n) is 23.9. The Hall–Kier alpha value is -3.18. The highest BCUT2D eigenvalue weighted by Gasteiger charge is 2.72. The number of para-hydroxylation sites is 1. The summed E-state index contributed by atoms with van der Waals surface area (Å²) in [6.45, 7) is 9.26. The van der Waals surface area contributed by atoms with Crippen molar-refractivity contribution in [2.75, 3.05) is 26.9 Å². The van der Waals surface area contributed by atoms with E-state index in [9.17, 15) is 50.4 Å². The highest BCUT2D eigenvalue weighted by molar-refractivity contribution is 5.82. The number of carbonyl (C=O) groups is 2. The van der Waals surface area contributed by atoms with Gasteiger partial charge in [0.25, 0.3) is 0 Å². The predicted molar refractivity (Wildman–Crippen MR) is 233 cm³/mol. The normalized spacial score (nSPS) is 48.5. The van der Waals surface area contributed by atoms with Crippen molar-refractivity contribution in [1.82, 2.24) is 15.2 Å². The van der Waals surface area contributed by atoms with E-state index >= 15 is 0 Å². The van der Waals surface area contributed by atoms with Crippen molar-refractivity contribution in [2.45, 2.75) is 160 Å². The maximum atomic E-state index is 14.8. The van der Waals surface area contributed by atoms with E-state index < -0.39 is 107 Å². The molecule has 6 fully saturated rings. The molecule has 19 heteroatoms. The summed E-state index contributed by atoms with van der Waals surface area (Å²) in [5.41, 5.74) is -1.80. The van der Waals surface area contributed by atoms with Crippen molar-refractivity contribution in [1.29, 1.82) is 0 Å². The van der Waals surface area contributed by atoms with Gasteiger partial charge in [-0.3, -0.25) is 4.79 Å². The van der Waals surface area contributed by atoms with Crippen LogP contribution in [0.2, 0.25) is 0 Å². The van der Waals surface area contributed by atoms with Crippen LogP contribution in [0.25, 0.3) is 11.0 Å². The smallest absolute Gasteiger partial charge is 0.341 e. The fourth-order valence-corrected chi connectivity index (χ4v) is 14.8. The van der Waals surface area contributed by atoms with Crippen LogP contribution in [0.15, 0.2) is 35.9 Å². The fraction of sp³-hybridized carbons (Fsp3) is 0.792. The first-order chi connectivity index (χ1) is 31.7. The maximum absolute atomic E-state index is 14.8. The number of nitrogens with zero attached hydrogens (tertiary/aromatic N) is 3. The van der Waals surface area contributed by atoms with Gasteiger partial charge < -0.3 is 69.4 Å². The third kappa shape index (κ3) is 7.27. The number of allylic oxidation sites excluding steroid dienone is 2. The average Bonchev–Trinajstić information content (AvgIpc) is 3.72. The number of fused-ring (bicyclic) bond motifs is 8. The Morgan fingerprint density at radius 3 is 2.25 bits per heavy atom. The highest BCUT2D eigenvalue weighted by Crippen LogP contribution is 2.76. The van der Waals surface area contributed by atoms with Crippen LogP contribution >= 0.6 is 0 Å². The lowest BCUT2D eigenvalue weighted by Crippen LogP contribution is -2.69. The van der Waals surface area contributed by atoms with E-state index in [4.69, 9.17) is 28.5 Å². The molecule has 2 aromatic rings. The summed E-state index contributed by atoms with van der Waals surface area (Å²) in [5, 5.41) is 95.1. The summed E-state index contributed by atoms with van der Waals surface area (Å²) in [4.78, 5) is 35.7. The molecule has 0 radical (unpaired) electrons. The van der Waals surface area contributed by atoms with Crippen molar-refractivity contribution in [2.24, 2.45) is 50.2 Å². The number of benzene rings is 1. The lowest BCUT2D eigenvalue weighted by atomic mass is 9.33. The molecule has 5 aliphatic carbocycles. The summed E-state index contributed by atoms with van der Waals surface area (Å²) in [6, 6.07) is 7.27. The zero-order valence-corrected chi connectivity index (χ0v) is 39.1. The highest BCUT2D eigenvalue weighted by atomic mass is 16.7. The van der Waals surface area contributed by atoms with Crippen LogP contribution in [0.3, 0.4) is 0 Å².